The van der Waals surface area contributed by atoms with Crippen molar-refractivity contribution in [3.8, 4) is 34.2 Å². The van der Waals surface area contributed by atoms with Crippen LogP contribution in [0.1, 0.15) is 25.0 Å². The van der Waals surface area contributed by atoms with E-state index in [1.165, 1.54) is 47.8 Å². The number of aromatic nitrogens is 3. The molecular weight excluding hydrogens is 625 g/mol. The van der Waals surface area contributed by atoms with E-state index in [4.69, 9.17) is 15.0 Å². The Morgan fingerprint density at radius 2 is 0.896 bits per heavy atom. The van der Waals surface area contributed by atoms with Crippen molar-refractivity contribution in [3.05, 3.63) is 157 Å². The molecule has 9 rings (SSSR count). The zero-order valence-electron chi connectivity index (χ0n) is 26.5. The monoisotopic (exact) mass is 654 g/mol. The normalized spacial score (nSPS) is 14.0. The van der Waals surface area contributed by atoms with Crippen LogP contribution in [-0.4, -0.2) is 15.0 Å². The first-order valence-corrected chi connectivity index (χ1v) is 17.7. The van der Waals surface area contributed by atoms with E-state index in [9.17, 15) is 0 Å². The number of para-hydroxylation sites is 2. The van der Waals surface area contributed by atoms with Crippen LogP contribution in [-0.2, 0) is 5.41 Å². The average Bonchev–Trinajstić information content (AvgIpc) is 3.14. The first-order chi connectivity index (χ1) is 23.5. The van der Waals surface area contributed by atoms with Crippen LogP contribution < -0.4 is 4.90 Å². The molecule has 2 aliphatic heterocycles. The van der Waals surface area contributed by atoms with Gasteiger partial charge in [-0.2, -0.15) is 0 Å². The summed E-state index contributed by atoms with van der Waals surface area (Å²) in [6, 6.07) is 51.3. The molecule has 0 radical (unpaired) electrons. The van der Waals surface area contributed by atoms with Crippen molar-refractivity contribution >= 4 is 40.6 Å². The number of benzene rings is 6. The maximum absolute atomic E-state index is 5.02. The number of rotatable bonds is 4. The molecule has 0 bridgehead atoms. The van der Waals surface area contributed by atoms with Crippen LogP contribution in [0.4, 0.5) is 17.1 Å². The van der Waals surface area contributed by atoms with E-state index in [-0.39, 0.29) is 5.41 Å². The third-order valence-electron chi connectivity index (χ3n) is 9.16. The summed E-state index contributed by atoms with van der Waals surface area (Å²) in [5.74, 6) is 2.01. The minimum Gasteiger partial charge on any atom is -0.308 e. The van der Waals surface area contributed by atoms with E-state index in [2.05, 4.69) is 104 Å². The molecule has 48 heavy (non-hydrogen) atoms. The molecule has 0 spiro atoms. The van der Waals surface area contributed by atoms with Gasteiger partial charge in [0.25, 0.3) is 0 Å². The zero-order valence-corrected chi connectivity index (χ0v) is 28.1. The first kappa shape index (κ1) is 29.0. The molecule has 0 amide bonds. The van der Waals surface area contributed by atoms with Crippen LogP contribution in [0.25, 0.3) is 34.2 Å². The first-order valence-electron chi connectivity index (χ1n) is 16.0. The number of anilines is 3. The van der Waals surface area contributed by atoms with Gasteiger partial charge in [-0.15, -0.1) is 0 Å². The lowest BCUT2D eigenvalue weighted by Crippen LogP contribution is -2.25. The number of hydrogen-bond acceptors (Lipinski definition) is 6. The smallest absolute Gasteiger partial charge is 0.164 e. The van der Waals surface area contributed by atoms with Crippen LogP contribution in [0, 0.1) is 0 Å². The molecule has 0 fully saturated rings. The largest absolute Gasteiger partial charge is 0.308 e. The fourth-order valence-corrected chi connectivity index (χ4v) is 9.08. The minimum atomic E-state index is -0.261. The third-order valence-corrected chi connectivity index (χ3v) is 11.4. The van der Waals surface area contributed by atoms with Crippen molar-refractivity contribution in [1.82, 2.24) is 15.0 Å². The highest BCUT2D eigenvalue weighted by molar-refractivity contribution is 8.00. The van der Waals surface area contributed by atoms with Crippen molar-refractivity contribution in [1.29, 1.82) is 0 Å². The highest BCUT2D eigenvalue weighted by atomic mass is 32.2. The van der Waals surface area contributed by atoms with Crippen molar-refractivity contribution < 1.29 is 0 Å². The quantitative estimate of drug-likeness (QED) is 0.188. The van der Waals surface area contributed by atoms with Gasteiger partial charge in [-0.25, -0.2) is 15.0 Å². The van der Waals surface area contributed by atoms with Crippen molar-refractivity contribution in [2.45, 2.75) is 38.8 Å². The predicted molar refractivity (Wildman–Crippen MR) is 198 cm³/mol. The molecular formula is C42H30N4S2. The Kier molecular flexibility index (Phi) is 6.96. The average molecular weight is 655 g/mol. The molecule has 2 aliphatic rings. The summed E-state index contributed by atoms with van der Waals surface area (Å²) in [4.78, 5) is 22.4. The van der Waals surface area contributed by atoms with Gasteiger partial charge in [0.1, 0.15) is 0 Å². The summed E-state index contributed by atoms with van der Waals surface area (Å²) in [6.07, 6.45) is 0. The summed E-state index contributed by atoms with van der Waals surface area (Å²) in [5, 5.41) is 0. The Morgan fingerprint density at radius 3 is 1.48 bits per heavy atom. The molecule has 0 N–H and O–H groups in total. The van der Waals surface area contributed by atoms with Gasteiger partial charge in [-0.05, 0) is 65.7 Å². The number of nitrogens with zero attached hydrogens (tertiary/aromatic N) is 4. The van der Waals surface area contributed by atoms with Gasteiger partial charge in [-0.3, -0.25) is 0 Å². The summed E-state index contributed by atoms with van der Waals surface area (Å²) in [7, 11) is 0. The molecule has 3 heterocycles. The summed E-state index contributed by atoms with van der Waals surface area (Å²) < 4.78 is 0. The SMILES string of the molecule is CC1(C)c2cc(-c3nc(-c4ccccc4)nc(-c4ccccc4)n3)ccc2Sc2ccc(N3c4ccccc4Sc4ccccc43)cc21. The molecule has 0 aliphatic carbocycles. The standard InChI is InChI=1S/C42H30N4S2/c1-42(2)31-25-29(41-44-39(27-13-5-3-6-14-27)43-40(45-41)28-15-7-4-8-16-28)21-23-35(31)47-36-24-22-30(26-32(36)42)46-33-17-9-11-19-37(33)48-38-20-12-10-18-34(38)46/h3-26H,1-2H3. The molecule has 0 unspecified atom stereocenters. The highest BCUT2D eigenvalue weighted by Gasteiger charge is 2.35. The Labute approximate surface area is 289 Å². The van der Waals surface area contributed by atoms with Crippen LogP contribution >= 0.6 is 23.5 Å². The minimum absolute atomic E-state index is 0.261. The summed E-state index contributed by atoms with van der Waals surface area (Å²) in [5.41, 5.74) is 8.83. The molecule has 0 saturated heterocycles. The topological polar surface area (TPSA) is 41.9 Å². The maximum Gasteiger partial charge on any atom is 0.164 e. The second kappa shape index (κ2) is 11.5. The summed E-state index contributed by atoms with van der Waals surface area (Å²) in [6.45, 7) is 4.67. The molecule has 0 atom stereocenters. The lowest BCUT2D eigenvalue weighted by atomic mass is 9.77. The second-order valence-electron chi connectivity index (χ2n) is 12.5. The third kappa shape index (κ3) is 4.91. The lowest BCUT2D eigenvalue weighted by Gasteiger charge is -2.37. The molecule has 4 nitrogen and oxygen atoms in total. The van der Waals surface area contributed by atoms with Gasteiger partial charge >= 0.3 is 0 Å². The van der Waals surface area contributed by atoms with E-state index < -0.39 is 0 Å². The zero-order chi connectivity index (χ0) is 32.2. The highest BCUT2D eigenvalue weighted by Crippen LogP contribution is 2.54. The van der Waals surface area contributed by atoms with Crippen LogP contribution in [0.2, 0.25) is 0 Å². The second-order valence-corrected chi connectivity index (χ2v) is 14.7. The van der Waals surface area contributed by atoms with Crippen LogP contribution in [0.3, 0.4) is 0 Å². The molecule has 6 aromatic carbocycles. The Morgan fingerprint density at radius 1 is 0.438 bits per heavy atom. The Bertz CT molecular complexity index is 2230. The number of hydrogen-bond donors (Lipinski definition) is 0. The van der Waals surface area contributed by atoms with Crippen molar-refractivity contribution in [2.24, 2.45) is 0 Å². The van der Waals surface area contributed by atoms with E-state index in [1.807, 2.05) is 84.2 Å². The summed E-state index contributed by atoms with van der Waals surface area (Å²) >= 11 is 3.68. The maximum atomic E-state index is 5.02. The van der Waals surface area contributed by atoms with Gasteiger partial charge in [0.2, 0.25) is 0 Å². The fraction of sp³-hybridized carbons (Fsp3) is 0.0714. The van der Waals surface area contributed by atoms with Gasteiger partial charge in [0, 0.05) is 47.4 Å². The van der Waals surface area contributed by atoms with Crippen molar-refractivity contribution in [2.75, 3.05) is 4.90 Å². The van der Waals surface area contributed by atoms with Crippen molar-refractivity contribution in [3.63, 3.8) is 0 Å². The fourth-order valence-electron chi connectivity index (χ4n) is 6.67. The van der Waals surface area contributed by atoms with E-state index in [0.29, 0.717) is 17.5 Å². The molecule has 0 saturated carbocycles. The van der Waals surface area contributed by atoms with E-state index >= 15 is 0 Å². The number of fused-ring (bicyclic) bond motifs is 4. The van der Waals surface area contributed by atoms with Crippen LogP contribution in [0.5, 0.6) is 0 Å². The molecule has 6 heteroatoms. The van der Waals surface area contributed by atoms with E-state index in [1.54, 1.807) is 0 Å². The Hall–Kier alpha value is -5.17. The predicted octanol–water partition coefficient (Wildman–Crippen LogP) is 11.6. The van der Waals surface area contributed by atoms with E-state index in [0.717, 1.165) is 16.7 Å². The van der Waals surface area contributed by atoms with Gasteiger partial charge in [0.05, 0.1) is 11.4 Å². The van der Waals surface area contributed by atoms with Crippen LogP contribution in [0.15, 0.2) is 165 Å². The molecule has 230 valence electrons. The molecule has 7 aromatic rings. The van der Waals surface area contributed by atoms with Gasteiger partial charge in [-0.1, -0.05) is 128 Å². The molecule has 1 aromatic heterocycles. The van der Waals surface area contributed by atoms with Gasteiger partial charge < -0.3 is 4.90 Å². The van der Waals surface area contributed by atoms with Gasteiger partial charge in [0.15, 0.2) is 17.5 Å². The lowest BCUT2D eigenvalue weighted by molar-refractivity contribution is 0.607. The Balaban J connectivity index is 1.15.